The van der Waals surface area contributed by atoms with Crippen LogP contribution in [0, 0.1) is 0 Å². The second-order valence-electron chi connectivity index (χ2n) is 9.40. The van der Waals surface area contributed by atoms with E-state index in [4.69, 9.17) is 27.9 Å². The number of methoxy groups -OCH3 is 1. The summed E-state index contributed by atoms with van der Waals surface area (Å²) in [5.74, 6) is -0.285. The quantitative estimate of drug-likeness (QED) is 0.464. The maximum absolute atomic E-state index is 13.7. The van der Waals surface area contributed by atoms with E-state index in [0.717, 1.165) is 16.1 Å². The van der Waals surface area contributed by atoms with Gasteiger partial charge in [-0.1, -0.05) is 42.3 Å². The Bertz CT molecular complexity index is 1200. The van der Waals surface area contributed by atoms with Crippen molar-refractivity contribution in [2.45, 2.75) is 52.2 Å². The zero-order chi connectivity index (χ0) is 27.3. The third-order valence-corrected chi connectivity index (χ3v) is 7.12. The normalized spacial score (nSPS) is 12.6. The van der Waals surface area contributed by atoms with Gasteiger partial charge in [0.25, 0.3) is 0 Å². The van der Waals surface area contributed by atoms with Crippen molar-refractivity contribution < 1.29 is 22.7 Å². The van der Waals surface area contributed by atoms with Gasteiger partial charge in [0.05, 0.1) is 29.1 Å². The molecule has 198 valence electrons. The molecule has 2 rings (SSSR count). The van der Waals surface area contributed by atoms with Gasteiger partial charge in [-0.25, -0.2) is 8.42 Å². The zero-order valence-corrected chi connectivity index (χ0v) is 23.7. The minimum Gasteiger partial charge on any atom is -0.497 e. The van der Waals surface area contributed by atoms with E-state index >= 15 is 0 Å². The van der Waals surface area contributed by atoms with E-state index in [1.807, 2.05) is 26.8 Å². The number of nitrogens with one attached hydrogen (secondary N) is 1. The number of anilines is 1. The van der Waals surface area contributed by atoms with Gasteiger partial charge in [-0.2, -0.15) is 0 Å². The third kappa shape index (κ3) is 8.28. The Morgan fingerprint density at radius 3 is 2.28 bits per heavy atom. The van der Waals surface area contributed by atoms with Crippen LogP contribution in [-0.2, 0) is 26.2 Å². The van der Waals surface area contributed by atoms with Crippen molar-refractivity contribution in [3.63, 3.8) is 0 Å². The standard InChI is InChI=1S/C25H33Cl2N3O5S/c1-7-22(24(32)28-25(2,3)4)29(15-17-9-8-10-19(13-17)35-5)23(31)16-30(36(6,33)34)18-11-12-20(26)21(27)14-18/h8-14,22H,7,15-16H2,1-6H3,(H,28,32)/t22-/m0/s1. The number of benzene rings is 2. The molecular weight excluding hydrogens is 525 g/mol. The van der Waals surface area contributed by atoms with Crippen LogP contribution in [0.1, 0.15) is 39.7 Å². The Balaban J connectivity index is 2.49. The molecule has 36 heavy (non-hydrogen) atoms. The molecule has 0 aromatic heterocycles. The number of rotatable bonds is 10. The lowest BCUT2D eigenvalue weighted by molar-refractivity contribution is -0.141. The number of hydrogen-bond donors (Lipinski definition) is 1. The number of sulfonamides is 1. The maximum Gasteiger partial charge on any atom is 0.244 e. The van der Waals surface area contributed by atoms with Gasteiger partial charge < -0.3 is 15.0 Å². The summed E-state index contributed by atoms with van der Waals surface area (Å²) in [5, 5.41) is 3.33. The predicted molar refractivity (Wildman–Crippen MR) is 144 cm³/mol. The summed E-state index contributed by atoms with van der Waals surface area (Å²) in [6.07, 6.45) is 1.32. The van der Waals surface area contributed by atoms with Gasteiger partial charge in [0.15, 0.2) is 0 Å². The molecule has 0 heterocycles. The van der Waals surface area contributed by atoms with E-state index in [0.29, 0.717) is 12.2 Å². The summed E-state index contributed by atoms with van der Waals surface area (Å²) in [4.78, 5) is 28.3. The van der Waals surface area contributed by atoms with Crippen LogP contribution in [0.15, 0.2) is 42.5 Å². The summed E-state index contributed by atoms with van der Waals surface area (Å²) < 4.78 is 31.6. The highest BCUT2D eigenvalue weighted by molar-refractivity contribution is 7.92. The van der Waals surface area contributed by atoms with Gasteiger partial charge in [0, 0.05) is 12.1 Å². The van der Waals surface area contributed by atoms with Crippen molar-refractivity contribution in [3.05, 3.63) is 58.1 Å². The molecule has 0 saturated carbocycles. The molecule has 0 spiro atoms. The average molecular weight is 559 g/mol. The van der Waals surface area contributed by atoms with Crippen LogP contribution in [0.3, 0.4) is 0 Å². The van der Waals surface area contributed by atoms with Crippen molar-refractivity contribution in [3.8, 4) is 5.75 Å². The Hall–Kier alpha value is -2.49. The van der Waals surface area contributed by atoms with Gasteiger partial charge in [-0.05, 0) is 63.1 Å². The third-order valence-electron chi connectivity index (χ3n) is 5.24. The smallest absolute Gasteiger partial charge is 0.244 e. The van der Waals surface area contributed by atoms with Crippen LogP contribution in [0.5, 0.6) is 5.75 Å². The Labute approximate surface area is 223 Å². The van der Waals surface area contributed by atoms with Crippen molar-refractivity contribution in [2.24, 2.45) is 0 Å². The maximum atomic E-state index is 13.7. The fourth-order valence-electron chi connectivity index (χ4n) is 3.59. The summed E-state index contributed by atoms with van der Waals surface area (Å²) >= 11 is 12.1. The lowest BCUT2D eigenvalue weighted by atomic mass is 10.1. The molecule has 0 aliphatic heterocycles. The monoisotopic (exact) mass is 557 g/mol. The van der Waals surface area contributed by atoms with E-state index in [2.05, 4.69) is 5.32 Å². The highest BCUT2D eigenvalue weighted by atomic mass is 35.5. The summed E-state index contributed by atoms with van der Waals surface area (Å²) in [5.41, 5.74) is 0.396. The van der Waals surface area contributed by atoms with Crippen LogP contribution in [-0.4, -0.2) is 56.6 Å². The number of ether oxygens (including phenoxy) is 1. The van der Waals surface area contributed by atoms with Crippen molar-refractivity contribution in [1.82, 2.24) is 10.2 Å². The highest BCUT2D eigenvalue weighted by Crippen LogP contribution is 2.29. The average Bonchev–Trinajstić information content (AvgIpc) is 2.77. The first-order valence-electron chi connectivity index (χ1n) is 11.3. The fourth-order valence-corrected chi connectivity index (χ4v) is 4.73. The molecule has 0 unspecified atom stereocenters. The first-order valence-corrected chi connectivity index (χ1v) is 13.9. The van der Waals surface area contributed by atoms with Gasteiger partial charge in [0.2, 0.25) is 21.8 Å². The molecule has 8 nitrogen and oxygen atoms in total. The molecule has 2 aromatic rings. The molecule has 0 radical (unpaired) electrons. The molecule has 0 bridgehead atoms. The first-order chi connectivity index (χ1) is 16.7. The molecule has 2 aromatic carbocycles. The molecule has 0 aliphatic rings. The van der Waals surface area contributed by atoms with Gasteiger partial charge in [-0.3, -0.25) is 13.9 Å². The molecule has 1 atom stereocenters. The SMILES string of the molecule is CC[C@@H](C(=O)NC(C)(C)C)N(Cc1cccc(OC)c1)C(=O)CN(c1ccc(Cl)c(Cl)c1)S(C)(=O)=O. The summed E-state index contributed by atoms with van der Waals surface area (Å²) in [6.45, 7) is 6.89. The lowest BCUT2D eigenvalue weighted by Crippen LogP contribution is -2.55. The number of hydrogen-bond acceptors (Lipinski definition) is 5. The summed E-state index contributed by atoms with van der Waals surface area (Å²) in [7, 11) is -2.34. The van der Waals surface area contributed by atoms with E-state index in [9.17, 15) is 18.0 Å². The number of carbonyl (C=O) groups is 2. The minimum absolute atomic E-state index is 0.0745. The number of nitrogens with zero attached hydrogens (tertiary/aromatic N) is 2. The topological polar surface area (TPSA) is 96.0 Å². The molecule has 2 amide bonds. The molecule has 0 fully saturated rings. The van der Waals surface area contributed by atoms with Crippen LogP contribution in [0.2, 0.25) is 10.0 Å². The largest absolute Gasteiger partial charge is 0.497 e. The van der Waals surface area contributed by atoms with E-state index < -0.39 is 34.1 Å². The Morgan fingerprint density at radius 1 is 1.08 bits per heavy atom. The number of amides is 2. The Kier molecular flexibility index (Phi) is 10.0. The Morgan fingerprint density at radius 2 is 1.75 bits per heavy atom. The summed E-state index contributed by atoms with van der Waals surface area (Å²) in [6, 6.07) is 10.6. The van der Waals surface area contributed by atoms with Crippen LogP contribution >= 0.6 is 23.2 Å². The van der Waals surface area contributed by atoms with Crippen molar-refractivity contribution in [2.75, 3.05) is 24.2 Å². The minimum atomic E-state index is -3.88. The van der Waals surface area contributed by atoms with Gasteiger partial charge in [0.1, 0.15) is 18.3 Å². The van der Waals surface area contributed by atoms with E-state index in [-0.39, 0.29) is 28.2 Å². The molecule has 1 N–H and O–H groups in total. The predicted octanol–water partition coefficient (Wildman–Crippen LogP) is 4.49. The molecule has 0 saturated heterocycles. The molecule has 0 aliphatic carbocycles. The fraction of sp³-hybridized carbons (Fsp3) is 0.440. The molecular formula is C25H33Cl2N3O5S. The van der Waals surface area contributed by atoms with Crippen LogP contribution < -0.4 is 14.4 Å². The number of halogens is 2. The zero-order valence-electron chi connectivity index (χ0n) is 21.3. The van der Waals surface area contributed by atoms with Crippen molar-refractivity contribution >= 4 is 50.7 Å². The van der Waals surface area contributed by atoms with Gasteiger partial charge >= 0.3 is 0 Å². The van der Waals surface area contributed by atoms with Crippen molar-refractivity contribution in [1.29, 1.82) is 0 Å². The van der Waals surface area contributed by atoms with E-state index in [1.54, 1.807) is 25.1 Å². The van der Waals surface area contributed by atoms with Crippen LogP contribution in [0.4, 0.5) is 5.69 Å². The van der Waals surface area contributed by atoms with E-state index in [1.165, 1.54) is 30.2 Å². The van der Waals surface area contributed by atoms with Crippen LogP contribution in [0.25, 0.3) is 0 Å². The van der Waals surface area contributed by atoms with Gasteiger partial charge in [-0.15, -0.1) is 0 Å². The second kappa shape index (κ2) is 12.2. The number of carbonyl (C=O) groups excluding carboxylic acids is 2. The molecule has 11 heteroatoms. The second-order valence-corrected chi connectivity index (χ2v) is 12.1. The lowest BCUT2D eigenvalue weighted by Gasteiger charge is -2.34. The first kappa shape index (κ1) is 29.7. The highest BCUT2D eigenvalue weighted by Gasteiger charge is 2.33.